The van der Waals surface area contributed by atoms with E-state index in [0.29, 0.717) is 0 Å². The van der Waals surface area contributed by atoms with Gasteiger partial charge in [-0.1, -0.05) is 35.9 Å². The first-order valence-electron chi connectivity index (χ1n) is 5.11. The molecule has 0 radical (unpaired) electrons. The van der Waals surface area contributed by atoms with Gasteiger partial charge in [0.1, 0.15) is 5.75 Å². The molecular weight excluding hydrogens is 264 g/mol. The van der Waals surface area contributed by atoms with E-state index in [1.165, 1.54) is 16.7 Å². The summed E-state index contributed by atoms with van der Waals surface area (Å²) in [6.45, 7) is 2.09. The van der Waals surface area contributed by atoms with Crippen molar-refractivity contribution in [1.82, 2.24) is 0 Å². The molecule has 0 amide bonds. The van der Waals surface area contributed by atoms with E-state index >= 15 is 0 Å². The Balaban J connectivity index is 2.41. The van der Waals surface area contributed by atoms with E-state index in [1.807, 2.05) is 6.07 Å². The summed E-state index contributed by atoms with van der Waals surface area (Å²) >= 11 is 3.49. The van der Waals surface area contributed by atoms with Crippen molar-refractivity contribution in [2.75, 3.05) is 7.11 Å². The number of aryl methyl sites for hydroxylation is 1. The van der Waals surface area contributed by atoms with Crippen LogP contribution < -0.4 is 4.74 Å². The van der Waals surface area contributed by atoms with E-state index in [2.05, 4.69) is 59.3 Å². The number of benzene rings is 2. The summed E-state index contributed by atoms with van der Waals surface area (Å²) in [5.74, 6) is 0.857. The zero-order valence-electron chi connectivity index (χ0n) is 9.33. The Kier molecular flexibility index (Phi) is 3.30. The smallest absolute Gasteiger partial charge is 0.133 e. The van der Waals surface area contributed by atoms with Gasteiger partial charge in [-0.15, -0.1) is 0 Å². The lowest BCUT2D eigenvalue weighted by molar-refractivity contribution is 0.412. The molecule has 2 aromatic carbocycles. The van der Waals surface area contributed by atoms with Crippen LogP contribution in [-0.2, 0) is 0 Å². The van der Waals surface area contributed by atoms with Crippen LogP contribution in [0.1, 0.15) is 5.56 Å². The number of methoxy groups -OCH3 is 1. The Morgan fingerprint density at radius 2 is 1.56 bits per heavy atom. The first-order valence-corrected chi connectivity index (χ1v) is 5.90. The van der Waals surface area contributed by atoms with Crippen LogP contribution in [-0.4, -0.2) is 7.11 Å². The predicted molar refractivity (Wildman–Crippen MR) is 70.9 cm³/mol. The molecule has 0 spiro atoms. The third-order valence-corrected chi connectivity index (χ3v) is 3.16. The zero-order chi connectivity index (χ0) is 11.5. The molecule has 0 N–H and O–H groups in total. The van der Waals surface area contributed by atoms with Gasteiger partial charge in [-0.05, 0) is 46.1 Å². The molecule has 2 rings (SSSR count). The minimum Gasteiger partial charge on any atom is -0.496 e. The highest BCUT2D eigenvalue weighted by Crippen LogP contribution is 2.30. The number of hydrogen-bond acceptors (Lipinski definition) is 1. The Morgan fingerprint density at radius 1 is 0.938 bits per heavy atom. The molecule has 82 valence electrons. The van der Waals surface area contributed by atoms with Gasteiger partial charge in [0.2, 0.25) is 0 Å². The summed E-state index contributed by atoms with van der Waals surface area (Å²) in [6, 6.07) is 14.6. The quantitative estimate of drug-likeness (QED) is 0.788. The van der Waals surface area contributed by atoms with Crippen LogP contribution >= 0.6 is 15.9 Å². The van der Waals surface area contributed by atoms with E-state index < -0.39 is 0 Å². The molecule has 0 saturated heterocycles. The summed E-state index contributed by atoms with van der Waals surface area (Å²) < 4.78 is 6.19. The van der Waals surface area contributed by atoms with Gasteiger partial charge in [-0.25, -0.2) is 0 Å². The fraction of sp³-hybridized carbons (Fsp3) is 0.143. The molecule has 0 bridgehead atoms. The maximum atomic E-state index is 5.21. The van der Waals surface area contributed by atoms with Crippen LogP contribution in [0.5, 0.6) is 5.75 Å². The monoisotopic (exact) mass is 276 g/mol. The number of halogens is 1. The molecule has 0 aliphatic carbocycles. The molecule has 0 saturated carbocycles. The summed E-state index contributed by atoms with van der Waals surface area (Å²) in [6.07, 6.45) is 0. The summed E-state index contributed by atoms with van der Waals surface area (Å²) in [5.41, 5.74) is 3.68. The van der Waals surface area contributed by atoms with Crippen LogP contribution in [0.4, 0.5) is 0 Å². The molecular formula is C14H13BrO. The molecule has 1 nitrogen and oxygen atoms in total. The van der Waals surface area contributed by atoms with Crippen molar-refractivity contribution in [1.29, 1.82) is 0 Å². The Bertz CT molecular complexity index is 489. The molecule has 0 fully saturated rings. The molecule has 2 aromatic rings. The Morgan fingerprint density at radius 3 is 2.12 bits per heavy atom. The molecule has 0 heterocycles. The van der Waals surface area contributed by atoms with Crippen molar-refractivity contribution >= 4 is 15.9 Å². The van der Waals surface area contributed by atoms with Crippen LogP contribution in [0.25, 0.3) is 11.1 Å². The van der Waals surface area contributed by atoms with Gasteiger partial charge in [0.05, 0.1) is 11.6 Å². The van der Waals surface area contributed by atoms with Gasteiger partial charge < -0.3 is 4.74 Å². The first kappa shape index (κ1) is 11.2. The van der Waals surface area contributed by atoms with Gasteiger partial charge in [0.15, 0.2) is 0 Å². The second-order valence-corrected chi connectivity index (χ2v) is 4.57. The lowest BCUT2D eigenvalue weighted by atomic mass is 10.0. The topological polar surface area (TPSA) is 9.23 Å². The van der Waals surface area contributed by atoms with Gasteiger partial charge in [-0.3, -0.25) is 0 Å². The van der Waals surface area contributed by atoms with Gasteiger partial charge in [0, 0.05) is 0 Å². The predicted octanol–water partition coefficient (Wildman–Crippen LogP) is 4.43. The third kappa shape index (κ3) is 2.27. The molecule has 2 heteroatoms. The fourth-order valence-corrected chi connectivity index (χ4v) is 2.13. The maximum absolute atomic E-state index is 5.21. The molecule has 0 atom stereocenters. The number of ether oxygens (including phenoxy) is 1. The van der Waals surface area contributed by atoms with E-state index in [1.54, 1.807) is 7.11 Å². The fourth-order valence-electron chi connectivity index (χ4n) is 1.59. The molecule has 16 heavy (non-hydrogen) atoms. The average Bonchev–Trinajstić information content (AvgIpc) is 2.30. The highest BCUT2D eigenvalue weighted by molar-refractivity contribution is 9.10. The van der Waals surface area contributed by atoms with E-state index in [4.69, 9.17) is 4.74 Å². The van der Waals surface area contributed by atoms with E-state index in [9.17, 15) is 0 Å². The first-order chi connectivity index (χ1) is 7.70. The average molecular weight is 277 g/mol. The third-order valence-electron chi connectivity index (χ3n) is 2.54. The Labute approximate surface area is 104 Å². The normalized spacial score (nSPS) is 10.2. The van der Waals surface area contributed by atoms with Crippen molar-refractivity contribution in [2.24, 2.45) is 0 Å². The molecule has 0 aliphatic rings. The van der Waals surface area contributed by atoms with Crippen molar-refractivity contribution in [3.05, 3.63) is 52.5 Å². The van der Waals surface area contributed by atoms with Crippen molar-refractivity contribution in [3.63, 3.8) is 0 Å². The molecule has 0 unspecified atom stereocenters. The SMILES string of the molecule is COc1ccc(-c2ccc(C)cc2)cc1Br. The van der Waals surface area contributed by atoms with Crippen LogP contribution in [0.2, 0.25) is 0 Å². The van der Waals surface area contributed by atoms with Gasteiger partial charge in [0.25, 0.3) is 0 Å². The van der Waals surface area contributed by atoms with Gasteiger partial charge in [-0.2, -0.15) is 0 Å². The van der Waals surface area contributed by atoms with Crippen LogP contribution in [0.15, 0.2) is 46.9 Å². The Hall–Kier alpha value is -1.28. The van der Waals surface area contributed by atoms with Crippen molar-refractivity contribution < 1.29 is 4.74 Å². The number of hydrogen-bond donors (Lipinski definition) is 0. The van der Waals surface area contributed by atoms with Crippen molar-refractivity contribution in [2.45, 2.75) is 6.92 Å². The van der Waals surface area contributed by atoms with E-state index in [0.717, 1.165) is 10.2 Å². The maximum Gasteiger partial charge on any atom is 0.133 e. The zero-order valence-corrected chi connectivity index (χ0v) is 10.9. The summed E-state index contributed by atoms with van der Waals surface area (Å²) in [4.78, 5) is 0. The minimum atomic E-state index is 0.857. The lowest BCUT2D eigenvalue weighted by Crippen LogP contribution is -1.85. The molecule has 0 aromatic heterocycles. The summed E-state index contributed by atoms with van der Waals surface area (Å²) in [7, 11) is 1.67. The highest BCUT2D eigenvalue weighted by Gasteiger charge is 2.02. The van der Waals surface area contributed by atoms with Crippen LogP contribution in [0, 0.1) is 6.92 Å². The second-order valence-electron chi connectivity index (χ2n) is 3.72. The standard InChI is InChI=1S/C14H13BrO/c1-10-3-5-11(6-4-10)12-7-8-14(16-2)13(15)9-12/h3-9H,1-2H3. The van der Waals surface area contributed by atoms with Crippen molar-refractivity contribution in [3.8, 4) is 16.9 Å². The largest absolute Gasteiger partial charge is 0.496 e. The lowest BCUT2D eigenvalue weighted by Gasteiger charge is -2.06. The second kappa shape index (κ2) is 4.71. The van der Waals surface area contributed by atoms with Gasteiger partial charge >= 0.3 is 0 Å². The highest BCUT2D eigenvalue weighted by atomic mass is 79.9. The summed E-state index contributed by atoms with van der Waals surface area (Å²) in [5, 5.41) is 0. The van der Waals surface area contributed by atoms with Crippen LogP contribution in [0.3, 0.4) is 0 Å². The number of rotatable bonds is 2. The minimum absolute atomic E-state index is 0.857. The molecule has 0 aliphatic heterocycles. The van der Waals surface area contributed by atoms with E-state index in [-0.39, 0.29) is 0 Å².